The van der Waals surface area contributed by atoms with Crippen LogP contribution in [0.4, 0.5) is 13.2 Å². The summed E-state index contributed by atoms with van der Waals surface area (Å²) in [5.74, 6) is 0.949. The number of nitrogens with zero attached hydrogens (tertiary/aromatic N) is 2. The molecule has 1 amide bonds. The molecule has 0 saturated carbocycles. The van der Waals surface area contributed by atoms with E-state index in [1.54, 1.807) is 29.2 Å². The number of hydrogen-bond donors (Lipinski definition) is 0. The van der Waals surface area contributed by atoms with Crippen LogP contribution in [-0.4, -0.2) is 55.2 Å². The van der Waals surface area contributed by atoms with Gasteiger partial charge in [0.25, 0.3) is 5.91 Å². The molecule has 32 heavy (non-hydrogen) atoms. The Labute approximate surface area is 184 Å². The summed E-state index contributed by atoms with van der Waals surface area (Å²) >= 11 is 0. The second kappa shape index (κ2) is 8.31. The van der Waals surface area contributed by atoms with Gasteiger partial charge in [-0.3, -0.25) is 4.79 Å². The fraction of sp³-hybridized carbons (Fsp3) is 0.458. The Kier molecular flexibility index (Phi) is 5.49. The van der Waals surface area contributed by atoms with Crippen LogP contribution in [0.2, 0.25) is 0 Å². The molecule has 3 aliphatic heterocycles. The van der Waals surface area contributed by atoms with Crippen LogP contribution in [0.1, 0.15) is 40.2 Å². The number of likely N-dealkylation sites (tertiary alicyclic amines) is 2. The largest absolute Gasteiger partial charge is 0.454 e. The molecule has 0 bridgehead atoms. The normalized spacial score (nSPS) is 23.2. The van der Waals surface area contributed by atoms with E-state index >= 15 is 0 Å². The minimum Gasteiger partial charge on any atom is -0.454 e. The van der Waals surface area contributed by atoms with E-state index in [9.17, 15) is 18.0 Å². The molecule has 2 fully saturated rings. The molecule has 2 saturated heterocycles. The molecule has 170 valence electrons. The van der Waals surface area contributed by atoms with Gasteiger partial charge in [-0.25, -0.2) is 0 Å². The predicted octanol–water partition coefficient (Wildman–Crippen LogP) is 4.39. The van der Waals surface area contributed by atoms with Crippen LogP contribution in [-0.2, 0) is 6.18 Å². The van der Waals surface area contributed by atoms with Crippen molar-refractivity contribution in [3.8, 4) is 11.5 Å². The molecule has 2 aromatic carbocycles. The summed E-state index contributed by atoms with van der Waals surface area (Å²) in [5.41, 5.74) is 0.499. The SMILES string of the molecule is O=C(c1ccc2c(c1)OCO2)N1CC(CN2CCCC2)C(c2cccc(C(F)(F)F)c2)C1. The fourth-order valence-electron chi connectivity index (χ4n) is 5.05. The molecule has 0 aliphatic carbocycles. The Morgan fingerprint density at radius 3 is 2.56 bits per heavy atom. The van der Waals surface area contributed by atoms with Crippen LogP contribution in [0, 0.1) is 5.92 Å². The quantitative estimate of drug-likeness (QED) is 0.699. The van der Waals surface area contributed by atoms with Crippen molar-refractivity contribution in [1.82, 2.24) is 9.80 Å². The number of fused-ring (bicyclic) bond motifs is 1. The standard InChI is InChI=1S/C24H25F3N2O3/c25-24(26,27)19-5-3-4-16(10-19)20-14-29(13-18(20)12-28-8-1-2-9-28)23(30)17-6-7-21-22(11-17)32-15-31-21/h3-7,10-11,18,20H,1-2,8-9,12-15H2. The number of halogens is 3. The van der Waals surface area contributed by atoms with Gasteiger partial charge in [-0.15, -0.1) is 0 Å². The topological polar surface area (TPSA) is 42.0 Å². The van der Waals surface area contributed by atoms with E-state index < -0.39 is 11.7 Å². The van der Waals surface area contributed by atoms with Crippen molar-refractivity contribution in [3.63, 3.8) is 0 Å². The summed E-state index contributed by atoms with van der Waals surface area (Å²) in [5, 5.41) is 0. The lowest BCUT2D eigenvalue weighted by molar-refractivity contribution is -0.137. The minimum atomic E-state index is -4.39. The molecule has 5 nitrogen and oxygen atoms in total. The number of carbonyl (C=O) groups excluding carboxylic acids is 1. The van der Waals surface area contributed by atoms with E-state index in [0.29, 0.717) is 35.7 Å². The van der Waals surface area contributed by atoms with Crippen molar-refractivity contribution < 1.29 is 27.4 Å². The average Bonchev–Trinajstić information content (AvgIpc) is 3.53. The first-order valence-corrected chi connectivity index (χ1v) is 11.0. The minimum absolute atomic E-state index is 0.0783. The summed E-state index contributed by atoms with van der Waals surface area (Å²) in [4.78, 5) is 17.4. The third-order valence-electron chi connectivity index (χ3n) is 6.68. The van der Waals surface area contributed by atoms with Crippen LogP contribution >= 0.6 is 0 Å². The summed E-state index contributed by atoms with van der Waals surface area (Å²) < 4.78 is 50.7. The fourth-order valence-corrected chi connectivity index (χ4v) is 5.05. The molecule has 2 atom stereocenters. The van der Waals surface area contributed by atoms with Crippen LogP contribution in [0.25, 0.3) is 0 Å². The summed E-state index contributed by atoms with van der Waals surface area (Å²) in [7, 11) is 0. The lowest BCUT2D eigenvalue weighted by Gasteiger charge is -2.24. The van der Waals surface area contributed by atoms with Crippen molar-refractivity contribution in [2.45, 2.75) is 24.9 Å². The van der Waals surface area contributed by atoms with E-state index in [4.69, 9.17) is 9.47 Å². The van der Waals surface area contributed by atoms with Gasteiger partial charge in [-0.05, 0) is 61.7 Å². The molecular weight excluding hydrogens is 421 g/mol. The van der Waals surface area contributed by atoms with Gasteiger partial charge in [0.15, 0.2) is 11.5 Å². The van der Waals surface area contributed by atoms with Gasteiger partial charge in [0.2, 0.25) is 6.79 Å². The Bertz CT molecular complexity index is 1000. The van der Waals surface area contributed by atoms with E-state index in [-0.39, 0.29) is 24.5 Å². The third kappa shape index (κ3) is 4.16. The molecule has 0 aromatic heterocycles. The number of benzene rings is 2. The van der Waals surface area contributed by atoms with Crippen LogP contribution in [0.5, 0.6) is 11.5 Å². The molecular formula is C24H25F3N2O3. The Balaban J connectivity index is 1.40. The van der Waals surface area contributed by atoms with Crippen molar-refractivity contribution >= 4 is 5.91 Å². The van der Waals surface area contributed by atoms with Crippen molar-refractivity contribution in [1.29, 1.82) is 0 Å². The zero-order chi connectivity index (χ0) is 22.3. The van der Waals surface area contributed by atoms with Crippen LogP contribution in [0.15, 0.2) is 42.5 Å². The molecule has 0 radical (unpaired) electrons. The van der Waals surface area contributed by atoms with Gasteiger partial charge in [0.05, 0.1) is 5.56 Å². The number of carbonyl (C=O) groups is 1. The smallest absolute Gasteiger partial charge is 0.416 e. The summed E-state index contributed by atoms with van der Waals surface area (Å²) in [6.45, 7) is 3.83. The first-order chi connectivity index (χ1) is 15.4. The monoisotopic (exact) mass is 446 g/mol. The van der Waals surface area contributed by atoms with Gasteiger partial charge in [-0.1, -0.05) is 18.2 Å². The van der Waals surface area contributed by atoms with Gasteiger partial charge in [0, 0.05) is 31.1 Å². The molecule has 3 heterocycles. The number of alkyl halides is 3. The van der Waals surface area contributed by atoms with Crippen molar-refractivity contribution in [2.24, 2.45) is 5.92 Å². The number of amides is 1. The Hall–Kier alpha value is -2.74. The highest BCUT2D eigenvalue weighted by Crippen LogP contribution is 2.38. The maximum absolute atomic E-state index is 13.3. The molecule has 2 aromatic rings. The average molecular weight is 446 g/mol. The first kappa shape index (κ1) is 21.1. The van der Waals surface area contributed by atoms with Gasteiger partial charge in [0.1, 0.15) is 0 Å². The van der Waals surface area contributed by atoms with Gasteiger partial charge < -0.3 is 19.3 Å². The predicted molar refractivity (Wildman–Crippen MR) is 112 cm³/mol. The molecule has 0 N–H and O–H groups in total. The van der Waals surface area contributed by atoms with E-state index in [1.165, 1.54) is 12.1 Å². The molecule has 2 unspecified atom stereocenters. The van der Waals surface area contributed by atoms with E-state index in [1.807, 2.05) is 0 Å². The van der Waals surface area contributed by atoms with Crippen LogP contribution in [0.3, 0.4) is 0 Å². The summed E-state index contributed by atoms with van der Waals surface area (Å²) in [6, 6.07) is 10.7. The highest BCUT2D eigenvalue weighted by Gasteiger charge is 2.39. The maximum Gasteiger partial charge on any atom is 0.416 e. The van der Waals surface area contributed by atoms with Crippen molar-refractivity contribution in [3.05, 3.63) is 59.2 Å². The van der Waals surface area contributed by atoms with E-state index in [0.717, 1.165) is 38.5 Å². The second-order valence-corrected chi connectivity index (χ2v) is 8.78. The molecule has 3 aliphatic rings. The Morgan fingerprint density at radius 1 is 1.00 bits per heavy atom. The second-order valence-electron chi connectivity index (χ2n) is 8.78. The number of ether oxygens (including phenoxy) is 2. The lowest BCUT2D eigenvalue weighted by atomic mass is 9.87. The zero-order valence-electron chi connectivity index (χ0n) is 17.6. The highest BCUT2D eigenvalue weighted by atomic mass is 19.4. The highest BCUT2D eigenvalue weighted by molar-refractivity contribution is 5.95. The maximum atomic E-state index is 13.3. The van der Waals surface area contributed by atoms with Crippen LogP contribution < -0.4 is 9.47 Å². The van der Waals surface area contributed by atoms with Gasteiger partial charge >= 0.3 is 6.18 Å². The lowest BCUT2D eigenvalue weighted by Crippen LogP contribution is -2.32. The molecule has 5 rings (SSSR count). The third-order valence-corrected chi connectivity index (χ3v) is 6.68. The zero-order valence-corrected chi connectivity index (χ0v) is 17.6. The van der Waals surface area contributed by atoms with E-state index in [2.05, 4.69) is 4.90 Å². The number of hydrogen-bond acceptors (Lipinski definition) is 4. The Morgan fingerprint density at radius 2 is 1.78 bits per heavy atom. The summed E-state index contributed by atoms with van der Waals surface area (Å²) in [6.07, 6.45) is -2.11. The first-order valence-electron chi connectivity index (χ1n) is 11.0. The molecule has 0 spiro atoms. The van der Waals surface area contributed by atoms with Gasteiger partial charge in [-0.2, -0.15) is 13.2 Å². The number of rotatable bonds is 4. The van der Waals surface area contributed by atoms with Crippen molar-refractivity contribution in [2.75, 3.05) is 39.5 Å². The molecule has 8 heteroatoms.